The Bertz CT molecular complexity index is 1750. The molecule has 5 rings (SSSR count). The molecule has 0 saturated carbocycles. The summed E-state index contributed by atoms with van der Waals surface area (Å²) < 4.78 is 35.5. The van der Waals surface area contributed by atoms with Gasteiger partial charge >= 0.3 is 0 Å². The maximum absolute atomic E-state index is 12.3. The number of hydrogen-bond acceptors (Lipinski definition) is 6. The Morgan fingerprint density at radius 3 is 1.75 bits per heavy atom. The highest BCUT2D eigenvalue weighted by Gasteiger charge is 2.08. The molecule has 3 aromatic carbocycles. The molecule has 8 nitrogen and oxygen atoms in total. The van der Waals surface area contributed by atoms with Gasteiger partial charge in [0.1, 0.15) is 24.7 Å². The second-order valence-corrected chi connectivity index (χ2v) is 10.8. The van der Waals surface area contributed by atoms with Gasteiger partial charge in [0.25, 0.3) is 11.1 Å². The summed E-state index contributed by atoms with van der Waals surface area (Å²) >= 11 is 0. The Hall–Kier alpha value is -4.89. The van der Waals surface area contributed by atoms with Gasteiger partial charge in [-0.3, -0.25) is 14.2 Å². The van der Waals surface area contributed by atoms with E-state index in [4.69, 9.17) is 9.47 Å². The zero-order valence-corrected chi connectivity index (χ0v) is 22.6. The monoisotopic (exact) mass is 556 g/mol. The topological polar surface area (TPSA) is 107 Å². The summed E-state index contributed by atoms with van der Waals surface area (Å²) in [5.74, 6) is 1.07. The first-order chi connectivity index (χ1) is 19.3. The van der Waals surface area contributed by atoms with Crippen LogP contribution in [-0.4, -0.2) is 24.2 Å². The minimum atomic E-state index is -3.26. The van der Waals surface area contributed by atoms with E-state index in [0.29, 0.717) is 30.4 Å². The molecule has 0 spiro atoms. The lowest BCUT2D eigenvalue weighted by Crippen LogP contribution is -2.16. The molecule has 0 unspecified atom stereocenters. The molecule has 2 aromatic heterocycles. The average Bonchev–Trinajstić information content (AvgIpc) is 2.96. The summed E-state index contributed by atoms with van der Waals surface area (Å²) in [6.45, 7) is 0.859. The summed E-state index contributed by atoms with van der Waals surface area (Å²) in [5, 5.41) is 0. The van der Waals surface area contributed by atoms with Gasteiger partial charge in [0.05, 0.1) is 4.90 Å². The summed E-state index contributed by atoms with van der Waals surface area (Å²) in [7, 11) is -3.26. The van der Waals surface area contributed by atoms with Gasteiger partial charge < -0.3 is 14.5 Å². The number of ether oxygens (including phenoxy) is 2. The molecule has 0 bridgehead atoms. The van der Waals surface area contributed by atoms with Crippen molar-refractivity contribution in [1.82, 2.24) is 9.55 Å². The summed E-state index contributed by atoms with van der Waals surface area (Å²) in [6.07, 6.45) is 4.33. The van der Waals surface area contributed by atoms with Crippen LogP contribution in [0.5, 0.6) is 11.5 Å². The Labute approximate surface area is 232 Å². The molecule has 0 saturated heterocycles. The number of benzene rings is 3. The fourth-order valence-electron chi connectivity index (χ4n) is 3.61. The molecular formula is C31H28N2O6S. The quantitative estimate of drug-likeness (QED) is 0.295. The second kappa shape index (κ2) is 13.3. The number of aromatic nitrogens is 2. The third kappa shape index (κ3) is 8.31. The van der Waals surface area contributed by atoms with Crippen molar-refractivity contribution in [2.45, 2.75) is 18.1 Å². The van der Waals surface area contributed by atoms with Gasteiger partial charge in [0.2, 0.25) is 0 Å². The van der Waals surface area contributed by atoms with Crippen molar-refractivity contribution in [2.24, 2.45) is 0 Å². The van der Waals surface area contributed by atoms with Gasteiger partial charge in [-0.2, -0.15) is 0 Å². The molecule has 204 valence electrons. The first-order valence-corrected chi connectivity index (χ1v) is 14.2. The number of hydrogen-bond donors (Lipinski definition) is 1. The van der Waals surface area contributed by atoms with Gasteiger partial charge in [-0.25, -0.2) is 8.42 Å². The van der Waals surface area contributed by atoms with Crippen LogP contribution < -0.4 is 20.6 Å². The van der Waals surface area contributed by atoms with Crippen molar-refractivity contribution >= 4 is 9.84 Å². The van der Waals surface area contributed by atoms with Crippen molar-refractivity contribution in [2.75, 3.05) is 6.26 Å². The summed E-state index contributed by atoms with van der Waals surface area (Å²) in [4.78, 5) is 26.0. The zero-order valence-electron chi connectivity index (χ0n) is 21.8. The van der Waals surface area contributed by atoms with E-state index in [1.807, 2.05) is 60.7 Å². The van der Waals surface area contributed by atoms with Gasteiger partial charge in [-0.05, 0) is 47.5 Å². The van der Waals surface area contributed by atoms with Crippen LogP contribution in [-0.2, 0) is 23.1 Å². The molecule has 9 heteroatoms. The van der Waals surface area contributed by atoms with Crippen LogP contribution in [0.2, 0.25) is 0 Å². The molecule has 40 heavy (non-hydrogen) atoms. The third-order valence-corrected chi connectivity index (χ3v) is 6.81. The predicted molar refractivity (Wildman–Crippen MR) is 154 cm³/mol. The van der Waals surface area contributed by atoms with Crippen LogP contribution in [0.15, 0.2) is 136 Å². The van der Waals surface area contributed by atoms with Crippen LogP contribution in [0.25, 0.3) is 5.69 Å². The normalized spacial score (nSPS) is 10.7. The number of aromatic amines is 1. The number of sulfone groups is 1. The number of pyridine rings is 2. The zero-order chi connectivity index (χ0) is 28.4. The SMILES string of the molecule is CS(=O)(=O)c1ccc(-n2ccc(OCc3ccccc3)cc2=O)cc1.O=c1cc(OCc2ccccc2)cc[nH]1. The first kappa shape index (κ1) is 28.1. The van der Waals surface area contributed by atoms with Crippen LogP contribution >= 0.6 is 0 Å². The van der Waals surface area contributed by atoms with Crippen molar-refractivity contribution in [3.05, 3.63) is 153 Å². The number of nitrogens with one attached hydrogen (secondary N) is 1. The molecule has 5 aromatic rings. The third-order valence-electron chi connectivity index (χ3n) is 5.68. The van der Waals surface area contributed by atoms with E-state index in [0.717, 1.165) is 17.4 Å². The number of H-pyrrole nitrogens is 1. The van der Waals surface area contributed by atoms with Crippen LogP contribution in [0.3, 0.4) is 0 Å². The highest BCUT2D eigenvalue weighted by Crippen LogP contribution is 2.15. The van der Waals surface area contributed by atoms with E-state index in [1.165, 1.54) is 28.8 Å². The number of rotatable bonds is 8. The molecule has 0 radical (unpaired) electrons. The molecule has 1 N–H and O–H groups in total. The smallest absolute Gasteiger partial charge is 0.258 e. The standard InChI is InChI=1S/C19H17NO4S.C12H11NO2/c1-25(22,23)18-9-7-16(8-10-18)20-12-11-17(13-19(20)21)24-14-15-5-3-2-4-6-15;14-12-8-11(6-7-13-12)15-9-10-4-2-1-3-5-10/h2-13H,14H2,1H3;1-8H,9H2,(H,13,14). The van der Waals surface area contributed by atoms with E-state index >= 15 is 0 Å². The van der Waals surface area contributed by atoms with Gasteiger partial charge in [-0.15, -0.1) is 0 Å². The van der Waals surface area contributed by atoms with Crippen molar-refractivity contribution in [3.8, 4) is 17.2 Å². The molecule has 0 atom stereocenters. The summed E-state index contributed by atoms with van der Waals surface area (Å²) in [5.41, 5.74) is 2.28. The highest BCUT2D eigenvalue weighted by atomic mass is 32.2. The number of nitrogens with zero attached hydrogens (tertiary/aromatic N) is 1. The van der Waals surface area contributed by atoms with Crippen molar-refractivity contribution < 1.29 is 17.9 Å². The van der Waals surface area contributed by atoms with Crippen LogP contribution in [0.4, 0.5) is 0 Å². The summed E-state index contributed by atoms with van der Waals surface area (Å²) in [6, 6.07) is 31.9. The molecule has 0 aliphatic heterocycles. The fraction of sp³-hybridized carbons (Fsp3) is 0.0968. The van der Waals surface area contributed by atoms with E-state index in [9.17, 15) is 18.0 Å². The maximum Gasteiger partial charge on any atom is 0.258 e. The minimum absolute atomic E-state index is 0.152. The molecule has 2 heterocycles. The molecule has 0 aliphatic rings. The van der Waals surface area contributed by atoms with E-state index in [1.54, 1.807) is 36.7 Å². The van der Waals surface area contributed by atoms with E-state index in [-0.39, 0.29) is 16.0 Å². The molecule has 0 amide bonds. The Kier molecular flexibility index (Phi) is 9.32. The van der Waals surface area contributed by atoms with Gasteiger partial charge in [0.15, 0.2) is 9.84 Å². The van der Waals surface area contributed by atoms with Gasteiger partial charge in [-0.1, -0.05) is 60.7 Å². The Morgan fingerprint density at radius 2 is 1.25 bits per heavy atom. The lowest BCUT2D eigenvalue weighted by atomic mass is 10.2. The van der Waals surface area contributed by atoms with Crippen molar-refractivity contribution in [1.29, 1.82) is 0 Å². The lowest BCUT2D eigenvalue weighted by molar-refractivity contribution is 0.305. The van der Waals surface area contributed by atoms with Gasteiger partial charge in [0, 0.05) is 36.5 Å². The van der Waals surface area contributed by atoms with Crippen LogP contribution in [0.1, 0.15) is 11.1 Å². The van der Waals surface area contributed by atoms with Crippen LogP contribution in [0, 0.1) is 0 Å². The fourth-order valence-corrected chi connectivity index (χ4v) is 4.24. The largest absolute Gasteiger partial charge is 0.489 e. The van der Waals surface area contributed by atoms with E-state index < -0.39 is 9.84 Å². The first-order valence-electron chi connectivity index (χ1n) is 12.3. The highest BCUT2D eigenvalue weighted by molar-refractivity contribution is 7.90. The Morgan fingerprint density at radius 1 is 0.700 bits per heavy atom. The maximum atomic E-state index is 12.3. The lowest BCUT2D eigenvalue weighted by Gasteiger charge is -2.09. The minimum Gasteiger partial charge on any atom is -0.489 e. The molecule has 0 aliphatic carbocycles. The van der Waals surface area contributed by atoms with Crippen molar-refractivity contribution in [3.63, 3.8) is 0 Å². The molecular weight excluding hydrogens is 528 g/mol. The predicted octanol–water partition coefficient (Wildman–Crippen LogP) is 4.77. The second-order valence-electron chi connectivity index (χ2n) is 8.77. The van der Waals surface area contributed by atoms with E-state index in [2.05, 4.69) is 4.98 Å². The average molecular weight is 557 g/mol. The molecule has 0 fully saturated rings. The Balaban J connectivity index is 0.000000210.